The Balaban J connectivity index is 1.49. The average Bonchev–Trinajstić information content (AvgIpc) is 3.49. The summed E-state index contributed by atoms with van der Waals surface area (Å²) in [5.41, 5.74) is 9.05. The number of nitrogens with zero attached hydrogens (tertiary/aromatic N) is 3. The fraction of sp³-hybridized carbons (Fsp3) is 0. The molecule has 0 radical (unpaired) electrons. The summed E-state index contributed by atoms with van der Waals surface area (Å²) in [5, 5.41) is 4.87. The fourth-order valence-corrected chi connectivity index (χ4v) is 5.69. The van der Waals surface area contributed by atoms with E-state index in [9.17, 15) is 0 Å². The van der Waals surface area contributed by atoms with Crippen molar-refractivity contribution in [2.75, 3.05) is 0 Å². The minimum atomic E-state index is 0.996. The van der Waals surface area contributed by atoms with Gasteiger partial charge in [0.1, 0.15) is 5.65 Å². The summed E-state index contributed by atoms with van der Waals surface area (Å²) in [6.07, 6.45) is 0. The van der Waals surface area contributed by atoms with Crippen LogP contribution < -0.4 is 0 Å². The Bertz CT molecular complexity index is 2100. The van der Waals surface area contributed by atoms with Crippen molar-refractivity contribution in [3.05, 3.63) is 127 Å². The molecule has 3 aromatic heterocycles. The summed E-state index contributed by atoms with van der Waals surface area (Å²) in [6, 6.07) is 45.4. The number of para-hydroxylation sites is 4. The highest BCUT2D eigenvalue weighted by Gasteiger charge is 2.16. The Kier molecular flexibility index (Phi) is 3.94. The molecule has 0 aliphatic heterocycles. The van der Waals surface area contributed by atoms with E-state index in [0.29, 0.717) is 0 Å². The largest absolute Gasteiger partial charge is 0.309 e. The number of hydrogen-bond acceptors (Lipinski definition) is 1. The summed E-state index contributed by atoms with van der Waals surface area (Å²) in [4.78, 5) is 5.04. The van der Waals surface area contributed by atoms with E-state index in [1.54, 1.807) is 0 Å². The van der Waals surface area contributed by atoms with E-state index in [2.05, 4.69) is 136 Å². The molecule has 0 amide bonds. The molecular formula is C33H21N3. The van der Waals surface area contributed by atoms with Crippen molar-refractivity contribution in [1.82, 2.24) is 14.0 Å². The van der Waals surface area contributed by atoms with E-state index in [-0.39, 0.29) is 0 Å². The van der Waals surface area contributed by atoms with Crippen LogP contribution >= 0.6 is 0 Å². The molecule has 0 aliphatic carbocycles. The molecule has 0 bridgehead atoms. The first-order valence-corrected chi connectivity index (χ1v) is 12.2. The maximum atomic E-state index is 5.04. The van der Waals surface area contributed by atoms with Crippen LogP contribution in [0.25, 0.3) is 66.2 Å². The van der Waals surface area contributed by atoms with Gasteiger partial charge in [0, 0.05) is 21.8 Å². The number of aromatic nitrogens is 3. The van der Waals surface area contributed by atoms with Gasteiger partial charge in [0.05, 0.1) is 27.8 Å². The van der Waals surface area contributed by atoms with Crippen molar-refractivity contribution in [3.8, 4) is 16.9 Å². The van der Waals surface area contributed by atoms with Gasteiger partial charge >= 0.3 is 0 Å². The zero-order valence-electron chi connectivity index (χ0n) is 19.5. The Labute approximate surface area is 207 Å². The third-order valence-corrected chi connectivity index (χ3v) is 7.28. The predicted octanol–water partition coefficient (Wildman–Crippen LogP) is 8.40. The molecule has 8 rings (SSSR count). The molecule has 168 valence electrons. The van der Waals surface area contributed by atoms with Crippen molar-refractivity contribution < 1.29 is 0 Å². The predicted molar refractivity (Wildman–Crippen MR) is 150 cm³/mol. The average molecular weight is 460 g/mol. The van der Waals surface area contributed by atoms with Crippen molar-refractivity contribution in [1.29, 1.82) is 0 Å². The van der Waals surface area contributed by atoms with Crippen LogP contribution in [0.1, 0.15) is 0 Å². The Morgan fingerprint density at radius 3 is 2.08 bits per heavy atom. The van der Waals surface area contributed by atoms with Crippen molar-refractivity contribution in [2.24, 2.45) is 0 Å². The third-order valence-electron chi connectivity index (χ3n) is 7.28. The molecule has 5 aromatic carbocycles. The summed E-state index contributed by atoms with van der Waals surface area (Å²) in [5.74, 6) is 0. The molecule has 8 aromatic rings. The second kappa shape index (κ2) is 7.30. The highest BCUT2D eigenvalue weighted by atomic mass is 15.0. The smallest absolute Gasteiger partial charge is 0.146 e. The minimum Gasteiger partial charge on any atom is -0.309 e. The SMILES string of the molecule is c1ccc(-n2c3ccccc3c3cc(-c4cc5ccccc5c5nc6ccccc6n45)ccc32)cc1. The standard InChI is InChI=1S/C33H21N3/c1-2-11-24(12-3-1)35-29-16-8-6-14-26(29)27-20-23(18-19-30(27)35)32-21-22-10-4-5-13-25(22)33-34-28-15-7-9-17-31(28)36(32)33/h1-21H. The van der Waals surface area contributed by atoms with Crippen LogP contribution in [0.5, 0.6) is 0 Å². The topological polar surface area (TPSA) is 22.2 Å². The first-order chi connectivity index (χ1) is 17.9. The number of fused-ring (bicyclic) bond motifs is 8. The van der Waals surface area contributed by atoms with Gasteiger partial charge in [-0.25, -0.2) is 4.98 Å². The minimum absolute atomic E-state index is 0.996. The lowest BCUT2D eigenvalue weighted by atomic mass is 10.0. The van der Waals surface area contributed by atoms with Crippen molar-refractivity contribution in [3.63, 3.8) is 0 Å². The van der Waals surface area contributed by atoms with Gasteiger partial charge in [0.25, 0.3) is 0 Å². The Hall–Kier alpha value is -4.89. The van der Waals surface area contributed by atoms with Gasteiger partial charge in [-0.2, -0.15) is 0 Å². The molecule has 0 N–H and O–H groups in total. The Morgan fingerprint density at radius 2 is 1.19 bits per heavy atom. The number of rotatable bonds is 2. The normalized spacial score (nSPS) is 11.9. The number of benzene rings is 5. The van der Waals surface area contributed by atoms with E-state index in [1.807, 2.05) is 0 Å². The lowest BCUT2D eigenvalue weighted by molar-refractivity contribution is 1.18. The molecule has 0 atom stereocenters. The molecule has 36 heavy (non-hydrogen) atoms. The van der Waals surface area contributed by atoms with Gasteiger partial charge in [-0.3, -0.25) is 4.40 Å². The molecule has 3 nitrogen and oxygen atoms in total. The van der Waals surface area contributed by atoms with E-state index in [1.165, 1.54) is 43.8 Å². The second-order valence-corrected chi connectivity index (χ2v) is 9.30. The second-order valence-electron chi connectivity index (χ2n) is 9.30. The molecule has 3 heteroatoms. The van der Waals surface area contributed by atoms with Gasteiger partial charge in [-0.15, -0.1) is 0 Å². The van der Waals surface area contributed by atoms with Gasteiger partial charge < -0.3 is 4.57 Å². The number of imidazole rings is 1. The highest BCUT2D eigenvalue weighted by Crippen LogP contribution is 2.37. The molecule has 0 spiro atoms. The van der Waals surface area contributed by atoms with Gasteiger partial charge in [0.15, 0.2) is 0 Å². The van der Waals surface area contributed by atoms with Crippen LogP contribution in [0.4, 0.5) is 0 Å². The zero-order chi connectivity index (χ0) is 23.6. The lowest BCUT2D eigenvalue weighted by Gasteiger charge is -2.11. The highest BCUT2D eigenvalue weighted by molar-refractivity contribution is 6.11. The summed E-state index contributed by atoms with van der Waals surface area (Å²) < 4.78 is 4.67. The maximum Gasteiger partial charge on any atom is 0.146 e. The third kappa shape index (κ3) is 2.65. The Morgan fingerprint density at radius 1 is 0.500 bits per heavy atom. The molecule has 3 heterocycles. The monoisotopic (exact) mass is 459 g/mol. The molecule has 0 unspecified atom stereocenters. The summed E-state index contributed by atoms with van der Waals surface area (Å²) in [6.45, 7) is 0. The van der Waals surface area contributed by atoms with E-state index < -0.39 is 0 Å². The molecule has 0 fully saturated rings. The molecule has 0 saturated heterocycles. The van der Waals surface area contributed by atoms with Crippen LogP contribution in [0.15, 0.2) is 127 Å². The van der Waals surface area contributed by atoms with Crippen LogP contribution in [-0.2, 0) is 0 Å². The quantitative estimate of drug-likeness (QED) is 0.254. The number of hydrogen-bond donors (Lipinski definition) is 0. The van der Waals surface area contributed by atoms with Crippen molar-refractivity contribution in [2.45, 2.75) is 0 Å². The van der Waals surface area contributed by atoms with Crippen LogP contribution in [-0.4, -0.2) is 14.0 Å². The maximum absolute atomic E-state index is 5.04. The zero-order valence-corrected chi connectivity index (χ0v) is 19.5. The summed E-state index contributed by atoms with van der Waals surface area (Å²) in [7, 11) is 0. The van der Waals surface area contributed by atoms with Gasteiger partial charge in [-0.05, 0) is 59.5 Å². The van der Waals surface area contributed by atoms with E-state index in [4.69, 9.17) is 4.98 Å². The fourth-order valence-electron chi connectivity index (χ4n) is 5.69. The van der Waals surface area contributed by atoms with Crippen molar-refractivity contribution >= 4 is 49.3 Å². The van der Waals surface area contributed by atoms with Gasteiger partial charge in [0.2, 0.25) is 0 Å². The first-order valence-electron chi connectivity index (χ1n) is 12.2. The van der Waals surface area contributed by atoms with Crippen LogP contribution in [0, 0.1) is 0 Å². The van der Waals surface area contributed by atoms with E-state index in [0.717, 1.165) is 22.4 Å². The molecular weight excluding hydrogens is 438 g/mol. The molecule has 0 aliphatic rings. The van der Waals surface area contributed by atoms with Crippen LogP contribution in [0.3, 0.4) is 0 Å². The van der Waals surface area contributed by atoms with Gasteiger partial charge in [-0.1, -0.05) is 78.9 Å². The first kappa shape index (κ1) is 19.4. The lowest BCUT2D eigenvalue weighted by Crippen LogP contribution is -1.95. The number of pyridine rings is 1. The summed E-state index contributed by atoms with van der Waals surface area (Å²) >= 11 is 0. The molecule has 0 saturated carbocycles. The van der Waals surface area contributed by atoms with Crippen LogP contribution in [0.2, 0.25) is 0 Å². The van der Waals surface area contributed by atoms with E-state index >= 15 is 0 Å².